The molecule has 0 heterocycles. The van der Waals surface area contributed by atoms with Crippen LogP contribution in [0, 0.1) is 6.92 Å². The predicted octanol–water partition coefficient (Wildman–Crippen LogP) is 3.26. The first kappa shape index (κ1) is 18.5. The zero-order valence-corrected chi connectivity index (χ0v) is 14.6. The van der Waals surface area contributed by atoms with Crippen LogP contribution >= 0.6 is 0 Å². The van der Waals surface area contributed by atoms with E-state index in [1.165, 1.54) is 0 Å². The molecule has 0 aliphatic heterocycles. The van der Waals surface area contributed by atoms with Gasteiger partial charge in [-0.1, -0.05) is 31.2 Å². The lowest BCUT2D eigenvalue weighted by Gasteiger charge is -2.09. The Morgan fingerprint density at radius 3 is 2.44 bits per heavy atom. The number of carbonyl (C=O) groups is 2. The fourth-order valence-electron chi connectivity index (χ4n) is 2.17. The molecule has 5 heteroatoms. The van der Waals surface area contributed by atoms with Crippen molar-refractivity contribution in [1.82, 2.24) is 5.32 Å². The third-order valence-corrected chi connectivity index (χ3v) is 3.63. The van der Waals surface area contributed by atoms with Crippen LogP contribution in [0.3, 0.4) is 0 Å². The standard InChI is InChI=1S/C20H23NO4/c1-3-12-24-18-10-8-16(9-11-18)20(23)25-14-19(22)21-13-17-7-5-4-6-15(17)2/h4-11H,3,12-14H2,1-2H3,(H,21,22). The second-order valence-electron chi connectivity index (χ2n) is 5.65. The fraction of sp³-hybridized carbons (Fsp3) is 0.300. The second-order valence-corrected chi connectivity index (χ2v) is 5.65. The van der Waals surface area contributed by atoms with E-state index in [0.29, 0.717) is 24.5 Å². The molecule has 2 aromatic rings. The molecule has 5 nitrogen and oxygen atoms in total. The molecule has 1 amide bonds. The maximum atomic E-state index is 12.0. The Balaban J connectivity index is 1.77. The first-order valence-electron chi connectivity index (χ1n) is 8.31. The molecule has 1 N–H and O–H groups in total. The lowest BCUT2D eigenvalue weighted by Crippen LogP contribution is -2.28. The van der Waals surface area contributed by atoms with E-state index in [1.807, 2.05) is 38.1 Å². The molecule has 25 heavy (non-hydrogen) atoms. The first-order valence-corrected chi connectivity index (χ1v) is 8.31. The highest BCUT2D eigenvalue weighted by Gasteiger charge is 2.10. The second kappa shape index (κ2) is 9.47. The van der Waals surface area contributed by atoms with E-state index in [1.54, 1.807) is 24.3 Å². The van der Waals surface area contributed by atoms with Gasteiger partial charge in [-0.05, 0) is 48.7 Å². The average Bonchev–Trinajstić information content (AvgIpc) is 2.64. The molecule has 0 unspecified atom stereocenters. The molecule has 0 aliphatic carbocycles. The van der Waals surface area contributed by atoms with E-state index in [-0.39, 0.29) is 12.5 Å². The number of hydrogen-bond acceptors (Lipinski definition) is 4. The van der Waals surface area contributed by atoms with Gasteiger partial charge in [0.1, 0.15) is 5.75 Å². The molecule has 0 bridgehead atoms. The van der Waals surface area contributed by atoms with Gasteiger partial charge in [-0.15, -0.1) is 0 Å². The van der Waals surface area contributed by atoms with Crippen molar-refractivity contribution in [2.24, 2.45) is 0 Å². The van der Waals surface area contributed by atoms with Crippen LogP contribution in [0.1, 0.15) is 34.8 Å². The maximum absolute atomic E-state index is 12.0. The summed E-state index contributed by atoms with van der Waals surface area (Å²) in [5.41, 5.74) is 2.52. The van der Waals surface area contributed by atoms with Crippen molar-refractivity contribution in [1.29, 1.82) is 0 Å². The number of rotatable bonds is 8. The molecule has 0 saturated heterocycles. The number of esters is 1. The van der Waals surface area contributed by atoms with Crippen LogP contribution in [0.5, 0.6) is 5.75 Å². The van der Waals surface area contributed by atoms with Crippen molar-refractivity contribution in [3.05, 3.63) is 65.2 Å². The van der Waals surface area contributed by atoms with Crippen molar-refractivity contribution in [2.75, 3.05) is 13.2 Å². The Hall–Kier alpha value is -2.82. The molecule has 2 aromatic carbocycles. The Morgan fingerprint density at radius 2 is 1.76 bits per heavy atom. The number of hydrogen-bond donors (Lipinski definition) is 1. The largest absolute Gasteiger partial charge is 0.494 e. The minimum atomic E-state index is -0.534. The molecule has 2 rings (SSSR count). The number of carbonyl (C=O) groups excluding carboxylic acids is 2. The highest BCUT2D eigenvalue weighted by molar-refractivity contribution is 5.91. The topological polar surface area (TPSA) is 64.6 Å². The Morgan fingerprint density at radius 1 is 1.04 bits per heavy atom. The van der Waals surface area contributed by atoms with Gasteiger partial charge in [-0.3, -0.25) is 4.79 Å². The van der Waals surface area contributed by atoms with E-state index < -0.39 is 5.97 Å². The number of nitrogens with one attached hydrogen (secondary N) is 1. The quantitative estimate of drug-likeness (QED) is 0.749. The van der Waals surface area contributed by atoms with E-state index in [9.17, 15) is 9.59 Å². The third-order valence-electron chi connectivity index (χ3n) is 3.63. The number of ether oxygens (including phenoxy) is 2. The Bertz CT molecular complexity index is 710. The zero-order valence-electron chi connectivity index (χ0n) is 14.6. The lowest BCUT2D eigenvalue weighted by atomic mass is 10.1. The van der Waals surface area contributed by atoms with E-state index in [0.717, 1.165) is 17.5 Å². The maximum Gasteiger partial charge on any atom is 0.338 e. The minimum absolute atomic E-state index is 0.307. The summed E-state index contributed by atoms with van der Waals surface area (Å²) in [5.74, 6) is -0.165. The molecule has 0 aromatic heterocycles. The van der Waals surface area contributed by atoms with Gasteiger partial charge in [0.05, 0.1) is 12.2 Å². The summed E-state index contributed by atoms with van der Waals surface area (Å²) in [6.07, 6.45) is 0.918. The van der Waals surface area contributed by atoms with Gasteiger partial charge in [0, 0.05) is 6.54 Å². The monoisotopic (exact) mass is 341 g/mol. The van der Waals surface area contributed by atoms with Crippen molar-refractivity contribution in [3.63, 3.8) is 0 Å². The lowest BCUT2D eigenvalue weighted by molar-refractivity contribution is -0.124. The molecule has 0 fully saturated rings. The molecule has 0 saturated carbocycles. The van der Waals surface area contributed by atoms with Gasteiger partial charge in [-0.2, -0.15) is 0 Å². The molecular formula is C20H23NO4. The van der Waals surface area contributed by atoms with Crippen LogP contribution in [0.4, 0.5) is 0 Å². The van der Waals surface area contributed by atoms with Crippen molar-refractivity contribution < 1.29 is 19.1 Å². The van der Waals surface area contributed by atoms with Crippen LogP contribution < -0.4 is 10.1 Å². The van der Waals surface area contributed by atoms with E-state index in [4.69, 9.17) is 9.47 Å². The van der Waals surface area contributed by atoms with Gasteiger partial charge < -0.3 is 14.8 Å². The van der Waals surface area contributed by atoms with Gasteiger partial charge >= 0.3 is 5.97 Å². The fourth-order valence-corrected chi connectivity index (χ4v) is 2.17. The highest BCUT2D eigenvalue weighted by Crippen LogP contribution is 2.13. The van der Waals surface area contributed by atoms with Crippen LogP contribution in [-0.4, -0.2) is 25.1 Å². The summed E-state index contributed by atoms with van der Waals surface area (Å²) >= 11 is 0. The van der Waals surface area contributed by atoms with Crippen LogP contribution in [-0.2, 0) is 16.1 Å². The van der Waals surface area contributed by atoms with E-state index in [2.05, 4.69) is 5.32 Å². The molecule has 132 valence electrons. The number of amides is 1. The van der Waals surface area contributed by atoms with Crippen molar-refractivity contribution >= 4 is 11.9 Å². The molecular weight excluding hydrogens is 318 g/mol. The van der Waals surface area contributed by atoms with Gasteiger partial charge in [0.15, 0.2) is 6.61 Å². The summed E-state index contributed by atoms with van der Waals surface area (Å²) in [7, 11) is 0. The Kier molecular flexibility index (Phi) is 7.01. The van der Waals surface area contributed by atoms with Crippen LogP contribution in [0.25, 0.3) is 0 Å². The molecule has 0 radical (unpaired) electrons. The minimum Gasteiger partial charge on any atom is -0.494 e. The normalized spacial score (nSPS) is 10.2. The van der Waals surface area contributed by atoms with Crippen LogP contribution in [0.15, 0.2) is 48.5 Å². The van der Waals surface area contributed by atoms with Crippen molar-refractivity contribution in [3.8, 4) is 5.75 Å². The number of aryl methyl sites for hydroxylation is 1. The summed E-state index contributed by atoms with van der Waals surface area (Å²) in [4.78, 5) is 23.8. The van der Waals surface area contributed by atoms with Crippen LogP contribution in [0.2, 0.25) is 0 Å². The summed E-state index contributed by atoms with van der Waals surface area (Å²) in [6.45, 7) is 4.74. The summed E-state index contributed by atoms with van der Waals surface area (Å²) in [6, 6.07) is 14.5. The third kappa shape index (κ3) is 5.95. The van der Waals surface area contributed by atoms with Gasteiger partial charge in [-0.25, -0.2) is 4.79 Å². The molecule has 0 atom stereocenters. The SMILES string of the molecule is CCCOc1ccc(C(=O)OCC(=O)NCc2ccccc2C)cc1. The summed E-state index contributed by atoms with van der Waals surface area (Å²) < 4.78 is 10.5. The van der Waals surface area contributed by atoms with Crippen molar-refractivity contribution in [2.45, 2.75) is 26.8 Å². The van der Waals surface area contributed by atoms with Gasteiger partial charge in [0.2, 0.25) is 0 Å². The summed E-state index contributed by atoms with van der Waals surface area (Å²) in [5, 5.41) is 2.74. The zero-order chi connectivity index (χ0) is 18.1. The Labute approximate surface area is 148 Å². The van der Waals surface area contributed by atoms with E-state index >= 15 is 0 Å². The molecule has 0 spiro atoms. The predicted molar refractivity (Wildman–Crippen MR) is 95.5 cm³/mol. The average molecular weight is 341 g/mol. The molecule has 0 aliphatic rings. The first-order chi connectivity index (χ1) is 12.1. The number of benzene rings is 2. The smallest absolute Gasteiger partial charge is 0.338 e. The van der Waals surface area contributed by atoms with Gasteiger partial charge in [0.25, 0.3) is 5.91 Å². The highest BCUT2D eigenvalue weighted by atomic mass is 16.5.